The van der Waals surface area contributed by atoms with E-state index in [1.807, 2.05) is 60.7 Å². The molecule has 0 saturated carbocycles. The lowest BCUT2D eigenvalue weighted by molar-refractivity contribution is 0.174. The standard InChI is InChI=1S/C18H22O2S/c19-17(15-7-3-1-4-8-15)11-13-21-14-12-18(20)16-9-5-2-6-10-16/h1-10,17-20H,11-14H2/t17-,18-/m1/s1. The third-order valence-corrected chi connectivity index (χ3v) is 4.49. The first kappa shape index (κ1) is 16.1. The van der Waals surface area contributed by atoms with Crippen molar-refractivity contribution in [2.24, 2.45) is 0 Å². The molecule has 0 aliphatic carbocycles. The SMILES string of the molecule is O[C@H](CCSCC[C@@H](O)c1ccccc1)c1ccccc1. The van der Waals surface area contributed by atoms with Crippen molar-refractivity contribution in [3.05, 3.63) is 71.8 Å². The Labute approximate surface area is 130 Å². The summed E-state index contributed by atoms with van der Waals surface area (Å²) in [5.41, 5.74) is 1.95. The van der Waals surface area contributed by atoms with E-state index in [1.54, 1.807) is 11.8 Å². The van der Waals surface area contributed by atoms with Crippen molar-refractivity contribution in [2.45, 2.75) is 25.0 Å². The van der Waals surface area contributed by atoms with Crippen LogP contribution in [0.2, 0.25) is 0 Å². The summed E-state index contributed by atoms with van der Waals surface area (Å²) in [6.07, 6.45) is 0.710. The number of hydrogen-bond donors (Lipinski definition) is 2. The van der Waals surface area contributed by atoms with Crippen molar-refractivity contribution in [1.29, 1.82) is 0 Å². The van der Waals surface area contributed by atoms with Gasteiger partial charge in [0.2, 0.25) is 0 Å². The summed E-state index contributed by atoms with van der Waals surface area (Å²) >= 11 is 1.78. The molecule has 21 heavy (non-hydrogen) atoms. The van der Waals surface area contributed by atoms with Gasteiger partial charge in [0.15, 0.2) is 0 Å². The van der Waals surface area contributed by atoms with Crippen LogP contribution in [-0.4, -0.2) is 21.7 Å². The first-order valence-electron chi connectivity index (χ1n) is 7.31. The molecule has 2 N–H and O–H groups in total. The highest BCUT2D eigenvalue weighted by atomic mass is 32.2. The quantitative estimate of drug-likeness (QED) is 0.725. The van der Waals surface area contributed by atoms with Gasteiger partial charge in [-0.3, -0.25) is 0 Å². The average Bonchev–Trinajstić information content (AvgIpc) is 2.55. The molecule has 0 amide bonds. The molecule has 0 saturated heterocycles. The van der Waals surface area contributed by atoms with Crippen LogP contribution in [0.3, 0.4) is 0 Å². The Bertz CT molecular complexity index is 454. The van der Waals surface area contributed by atoms with Crippen molar-refractivity contribution in [1.82, 2.24) is 0 Å². The van der Waals surface area contributed by atoms with Gasteiger partial charge in [-0.25, -0.2) is 0 Å². The minimum absolute atomic E-state index is 0.391. The normalized spacial score (nSPS) is 13.8. The molecule has 2 rings (SSSR count). The van der Waals surface area contributed by atoms with E-state index >= 15 is 0 Å². The van der Waals surface area contributed by atoms with E-state index in [1.165, 1.54) is 0 Å². The van der Waals surface area contributed by atoms with E-state index in [0.717, 1.165) is 35.5 Å². The zero-order valence-corrected chi connectivity index (χ0v) is 12.9. The lowest BCUT2D eigenvalue weighted by Crippen LogP contribution is -2.01. The highest BCUT2D eigenvalue weighted by molar-refractivity contribution is 7.99. The van der Waals surface area contributed by atoms with Gasteiger partial charge in [0.1, 0.15) is 0 Å². The van der Waals surface area contributed by atoms with E-state index in [0.29, 0.717) is 0 Å². The molecule has 0 aromatic heterocycles. The molecule has 0 unspecified atom stereocenters. The molecule has 2 aromatic rings. The molecule has 0 bridgehead atoms. The summed E-state index contributed by atoms with van der Waals surface area (Å²) in [5.74, 6) is 1.80. The largest absolute Gasteiger partial charge is 0.388 e. The number of aliphatic hydroxyl groups is 2. The van der Waals surface area contributed by atoms with Gasteiger partial charge in [-0.2, -0.15) is 11.8 Å². The summed E-state index contributed by atoms with van der Waals surface area (Å²) in [6, 6.07) is 19.5. The van der Waals surface area contributed by atoms with Gasteiger partial charge in [0.25, 0.3) is 0 Å². The van der Waals surface area contributed by atoms with E-state index < -0.39 is 12.2 Å². The average molecular weight is 302 g/mol. The molecule has 0 spiro atoms. The van der Waals surface area contributed by atoms with Crippen molar-refractivity contribution in [3.63, 3.8) is 0 Å². The lowest BCUT2D eigenvalue weighted by atomic mass is 10.1. The Balaban J connectivity index is 1.62. The van der Waals surface area contributed by atoms with E-state index in [9.17, 15) is 10.2 Å². The smallest absolute Gasteiger partial charge is 0.0797 e. The number of benzene rings is 2. The molecule has 2 atom stereocenters. The van der Waals surface area contributed by atoms with E-state index in [-0.39, 0.29) is 0 Å². The monoisotopic (exact) mass is 302 g/mol. The summed E-state index contributed by atoms with van der Waals surface area (Å²) in [7, 11) is 0. The predicted octanol–water partition coefficient (Wildman–Crippen LogP) is 3.97. The summed E-state index contributed by atoms with van der Waals surface area (Å²) < 4.78 is 0. The topological polar surface area (TPSA) is 40.5 Å². The zero-order valence-electron chi connectivity index (χ0n) is 12.1. The fraction of sp³-hybridized carbons (Fsp3) is 0.333. The second-order valence-corrected chi connectivity index (χ2v) is 6.27. The maximum absolute atomic E-state index is 10.0. The second-order valence-electron chi connectivity index (χ2n) is 5.04. The molecular formula is C18H22O2S. The summed E-state index contributed by atoms with van der Waals surface area (Å²) in [5, 5.41) is 20.1. The Morgan fingerprint density at radius 2 is 1.05 bits per heavy atom. The lowest BCUT2D eigenvalue weighted by Gasteiger charge is -2.12. The van der Waals surface area contributed by atoms with Crippen LogP contribution in [0.15, 0.2) is 60.7 Å². The maximum atomic E-state index is 10.0. The maximum Gasteiger partial charge on any atom is 0.0797 e. The predicted molar refractivity (Wildman–Crippen MR) is 89.4 cm³/mol. The summed E-state index contributed by atoms with van der Waals surface area (Å²) in [6.45, 7) is 0. The van der Waals surface area contributed by atoms with Crippen LogP contribution in [0.25, 0.3) is 0 Å². The number of hydrogen-bond acceptors (Lipinski definition) is 3. The van der Waals surface area contributed by atoms with E-state index in [4.69, 9.17) is 0 Å². The molecule has 0 aliphatic heterocycles. The Morgan fingerprint density at radius 3 is 1.43 bits per heavy atom. The van der Waals surface area contributed by atoms with Crippen molar-refractivity contribution >= 4 is 11.8 Å². The fourth-order valence-corrected chi connectivity index (χ4v) is 3.16. The van der Waals surface area contributed by atoms with Gasteiger partial charge in [-0.05, 0) is 35.5 Å². The molecule has 0 fully saturated rings. The Kier molecular flexibility index (Phi) is 6.80. The third-order valence-electron chi connectivity index (χ3n) is 3.44. The highest BCUT2D eigenvalue weighted by Crippen LogP contribution is 2.22. The summed E-state index contributed by atoms with van der Waals surface area (Å²) in [4.78, 5) is 0. The third kappa shape index (κ3) is 5.54. The van der Waals surface area contributed by atoms with Crippen LogP contribution >= 0.6 is 11.8 Å². The van der Waals surface area contributed by atoms with Gasteiger partial charge in [0, 0.05) is 0 Å². The van der Waals surface area contributed by atoms with Gasteiger partial charge < -0.3 is 10.2 Å². The number of thioether (sulfide) groups is 1. The van der Waals surface area contributed by atoms with Crippen molar-refractivity contribution in [3.8, 4) is 0 Å². The molecule has 2 nitrogen and oxygen atoms in total. The van der Waals surface area contributed by atoms with Crippen LogP contribution < -0.4 is 0 Å². The van der Waals surface area contributed by atoms with Crippen molar-refractivity contribution < 1.29 is 10.2 Å². The van der Waals surface area contributed by atoms with Gasteiger partial charge in [-0.15, -0.1) is 0 Å². The highest BCUT2D eigenvalue weighted by Gasteiger charge is 2.08. The zero-order chi connectivity index (χ0) is 14.9. The fourth-order valence-electron chi connectivity index (χ4n) is 2.18. The molecule has 0 radical (unpaired) electrons. The van der Waals surface area contributed by atoms with Crippen LogP contribution in [0, 0.1) is 0 Å². The molecule has 0 heterocycles. The van der Waals surface area contributed by atoms with Gasteiger partial charge in [0.05, 0.1) is 12.2 Å². The first-order valence-corrected chi connectivity index (χ1v) is 8.46. The van der Waals surface area contributed by atoms with Crippen LogP contribution in [-0.2, 0) is 0 Å². The minimum Gasteiger partial charge on any atom is -0.388 e. The van der Waals surface area contributed by atoms with Crippen molar-refractivity contribution in [2.75, 3.05) is 11.5 Å². The van der Waals surface area contributed by atoms with Crippen LogP contribution in [0.1, 0.15) is 36.2 Å². The Morgan fingerprint density at radius 1 is 0.667 bits per heavy atom. The molecular weight excluding hydrogens is 280 g/mol. The molecule has 112 valence electrons. The second kappa shape index (κ2) is 8.88. The molecule has 3 heteroatoms. The number of aliphatic hydroxyl groups excluding tert-OH is 2. The van der Waals surface area contributed by atoms with Gasteiger partial charge >= 0.3 is 0 Å². The Hall–Kier alpha value is -1.29. The number of rotatable bonds is 8. The first-order chi connectivity index (χ1) is 10.3. The van der Waals surface area contributed by atoms with Crippen LogP contribution in [0.5, 0.6) is 0 Å². The van der Waals surface area contributed by atoms with Crippen LogP contribution in [0.4, 0.5) is 0 Å². The molecule has 0 aliphatic rings. The molecule has 2 aromatic carbocycles. The minimum atomic E-state index is -0.391. The van der Waals surface area contributed by atoms with Gasteiger partial charge in [-0.1, -0.05) is 60.7 Å². The van der Waals surface area contributed by atoms with E-state index in [2.05, 4.69) is 0 Å².